The minimum Gasteiger partial charge on any atom is -0.332 e. The van der Waals surface area contributed by atoms with Crippen molar-refractivity contribution in [1.82, 2.24) is 0 Å². The standard InChI is InChI=1S/C17H20N2S/c1-17(2,3)14-11-7-8-12-15(14)19-16(20)18-13-9-5-4-6-10-13/h4-12H,1-3H3,(H2,18,19,20). The molecule has 0 aromatic heterocycles. The van der Waals surface area contributed by atoms with Crippen LogP contribution in [0.4, 0.5) is 11.4 Å². The van der Waals surface area contributed by atoms with Gasteiger partial charge in [0.1, 0.15) is 0 Å². The van der Waals surface area contributed by atoms with E-state index in [2.05, 4.69) is 49.6 Å². The Kier molecular flexibility index (Phi) is 4.40. The molecular weight excluding hydrogens is 264 g/mol. The molecule has 20 heavy (non-hydrogen) atoms. The van der Waals surface area contributed by atoms with Gasteiger partial charge in [0.25, 0.3) is 0 Å². The number of anilines is 2. The molecule has 0 aliphatic rings. The highest BCUT2D eigenvalue weighted by Gasteiger charge is 2.17. The predicted molar refractivity (Wildman–Crippen MR) is 91.4 cm³/mol. The van der Waals surface area contributed by atoms with E-state index in [4.69, 9.17) is 12.2 Å². The molecule has 2 aromatic rings. The Morgan fingerprint density at radius 2 is 1.45 bits per heavy atom. The number of thiocarbonyl (C=S) groups is 1. The van der Waals surface area contributed by atoms with Crippen molar-refractivity contribution < 1.29 is 0 Å². The summed E-state index contributed by atoms with van der Waals surface area (Å²) in [5.41, 5.74) is 3.36. The van der Waals surface area contributed by atoms with E-state index < -0.39 is 0 Å². The summed E-state index contributed by atoms with van der Waals surface area (Å²) in [7, 11) is 0. The van der Waals surface area contributed by atoms with E-state index in [9.17, 15) is 0 Å². The number of hydrogen-bond donors (Lipinski definition) is 2. The molecule has 0 saturated heterocycles. The Morgan fingerprint density at radius 3 is 2.10 bits per heavy atom. The minimum absolute atomic E-state index is 0.0754. The van der Waals surface area contributed by atoms with Gasteiger partial charge in [-0.25, -0.2) is 0 Å². The van der Waals surface area contributed by atoms with Crippen LogP contribution in [0.2, 0.25) is 0 Å². The third-order valence-corrected chi connectivity index (χ3v) is 3.22. The molecule has 0 atom stereocenters. The molecule has 0 bridgehead atoms. The van der Waals surface area contributed by atoms with E-state index in [1.54, 1.807) is 0 Å². The van der Waals surface area contributed by atoms with E-state index >= 15 is 0 Å². The Labute approximate surface area is 126 Å². The Balaban J connectivity index is 2.13. The first kappa shape index (κ1) is 14.5. The lowest BCUT2D eigenvalue weighted by Crippen LogP contribution is -2.22. The lowest BCUT2D eigenvalue weighted by molar-refractivity contribution is 0.592. The summed E-state index contributed by atoms with van der Waals surface area (Å²) in [5, 5.41) is 7.08. The average molecular weight is 284 g/mol. The zero-order valence-electron chi connectivity index (χ0n) is 12.1. The van der Waals surface area contributed by atoms with E-state index in [-0.39, 0.29) is 5.41 Å². The van der Waals surface area contributed by atoms with Gasteiger partial charge in [0, 0.05) is 11.4 Å². The molecule has 2 rings (SSSR count). The SMILES string of the molecule is CC(C)(C)c1ccccc1NC(=S)Nc1ccccc1. The molecule has 104 valence electrons. The Bertz CT molecular complexity index is 585. The first-order chi connectivity index (χ1) is 9.47. The maximum atomic E-state index is 5.38. The van der Waals surface area contributed by atoms with Crippen LogP contribution in [0.25, 0.3) is 0 Å². The van der Waals surface area contributed by atoms with Crippen LogP contribution in [0, 0.1) is 0 Å². The van der Waals surface area contributed by atoms with E-state index in [0.29, 0.717) is 5.11 Å². The number of benzene rings is 2. The fraction of sp³-hybridized carbons (Fsp3) is 0.235. The van der Waals surface area contributed by atoms with Crippen molar-refractivity contribution in [3.8, 4) is 0 Å². The molecule has 0 saturated carbocycles. The topological polar surface area (TPSA) is 24.1 Å². The summed E-state index contributed by atoms with van der Waals surface area (Å²) in [6.07, 6.45) is 0. The predicted octanol–water partition coefficient (Wildman–Crippen LogP) is 4.79. The highest BCUT2D eigenvalue weighted by molar-refractivity contribution is 7.80. The molecule has 0 aliphatic heterocycles. The second kappa shape index (κ2) is 6.06. The van der Waals surface area contributed by atoms with Crippen molar-refractivity contribution in [2.75, 3.05) is 10.6 Å². The van der Waals surface area contributed by atoms with Gasteiger partial charge in [-0.05, 0) is 41.4 Å². The summed E-state index contributed by atoms with van der Waals surface area (Å²) in [6, 6.07) is 18.2. The van der Waals surface area contributed by atoms with Gasteiger partial charge in [-0.15, -0.1) is 0 Å². The van der Waals surface area contributed by atoms with Crippen LogP contribution < -0.4 is 10.6 Å². The largest absolute Gasteiger partial charge is 0.332 e. The van der Waals surface area contributed by atoms with Crippen molar-refractivity contribution >= 4 is 28.7 Å². The highest BCUT2D eigenvalue weighted by Crippen LogP contribution is 2.29. The smallest absolute Gasteiger partial charge is 0.175 e. The summed E-state index contributed by atoms with van der Waals surface area (Å²) in [5.74, 6) is 0. The highest BCUT2D eigenvalue weighted by atomic mass is 32.1. The van der Waals surface area contributed by atoms with Gasteiger partial charge in [-0.3, -0.25) is 0 Å². The number of hydrogen-bond acceptors (Lipinski definition) is 1. The molecule has 0 heterocycles. The average Bonchev–Trinajstić information content (AvgIpc) is 2.39. The van der Waals surface area contributed by atoms with Crippen molar-refractivity contribution in [3.05, 3.63) is 60.2 Å². The normalized spacial score (nSPS) is 10.9. The van der Waals surface area contributed by atoms with Gasteiger partial charge >= 0.3 is 0 Å². The van der Waals surface area contributed by atoms with Crippen LogP contribution in [-0.2, 0) is 5.41 Å². The molecule has 0 unspecified atom stereocenters. The molecule has 0 radical (unpaired) electrons. The zero-order valence-corrected chi connectivity index (χ0v) is 12.9. The van der Waals surface area contributed by atoms with E-state index in [0.717, 1.165) is 11.4 Å². The molecule has 0 aliphatic carbocycles. The summed E-state index contributed by atoms with van der Waals surface area (Å²) < 4.78 is 0. The van der Waals surface area contributed by atoms with Crippen molar-refractivity contribution in [2.45, 2.75) is 26.2 Å². The minimum atomic E-state index is 0.0754. The molecule has 2 N–H and O–H groups in total. The van der Waals surface area contributed by atoms with Gasteiger partial charge in [0.05, 0.1) is 0 Å². The van der Waals surface area contributed by atoms with Crippen LogP contribution in [0.1, 0.15) is 26.3 Å². The summed E-state index contributed by atoms with van der Waals surface area (Å²) >= 11 is 5.38. The second-order valence-electron chi connectivity index (χ2n) is 5.74. The molecule has 0 fully saturated rings. The fourth-order valence-electron chi connectivity index (χ4n) is 2.05. The van der Waals surface area contributed by atoms with Gasteiger partial charge in [-0.1, -0.05) is 57.2 Å². The van der Waals surface area contributed by atoms with Crippen LogP contribution in [0.3, 0.4) is 0 Å². The van der Waals surface area contributed by atoms with Crippen molar-refractivity contribution in [3.63, 3.8) is 0 Å². The third kappa shape index (κ3) is 3.81. The summed E-state index contributed by atoms with van der Waals surface area (Å²) in [6.45, 7) is 6.59. The van der Waals surface area contributed by atoms with Gasteiger partial charge < -0.3 is 10.6 Å². The van der Waals surface area contributed by atoms with Crippen LogP contribution in [0.5, 0.6) is 0 Å². The summed E-state index contributed by atoms with van der Waals surface area (Å²) in [4.78, 5) is 0. The van der Waals surface area contributed by atoms with Gasteiger partial charge in [-0.2, -0.15) is 0 Å². The van der Waals surface area contributed by atoms with E-state index in [1.165, 1.54) is 5.56 Å². The van der Waals surface area contributed by atoms with Crippen molar-refractivity contribution in [2.24, 2.45) is 0 Å². The first-order valence-electron chi connectivity index (χ1n) is 6.69. The molecule has 0 spiro atoms. The van der Waals surface area contributed by atoms with Gasteiger partial charge in [0.15, 0.2) is 5.11 Å². The maximum Gasteiger partial charge on any atom is 0.175 e. The Morgan fingerprint density at radius 1 is 0.850 bits per heavy atom. The van der Waals surface area contributed by atoms with E-state index in [1.807, 2.05) is 36.4 Å². The van der Waals surface area contributed by atoms with Crippen LogP contribution in [-0.4, -0.2) is 5.11 Å². The maximum absolute atomic E-state index is 5.38. The molecule has 2 aromatic carbocycles. The Hall–Kier alpha value is -1.87. The third-order valence-electron chi connectivity index (χ3n) is 3.01. The number of nitrogens with one attached hydrogen (secondary N) is 2. The molecule has 2 nitrogen and oxygen atoms in total. The van der Waals surface area contributed by atoms with Crippen LogP contribution >= 0.6 is 12.2 Å². The van der Waals surface area contributed by atoms with Crippen LogP contribution in [0.15, 0.2) is 54.6 Å². The first-order valence-corrected chi connectivity index (χ1v) is 7.10. The quantitative estimate of drug-likeness (QED) is 0.775. The van der Waals surface area contributed by atoms with Gasteiger partial charge in [0.2, 0.25) is 0 Å². The van der Waals surface area contributed by atoms with Crippen molar-refractivity contribution in [1.29, 1.82) is 0 Å². The molecule has 0 amide bonds. The lowest BCUT2D eigenvalue weighted by Gasteiger charge is -2.23. The second-order valence-corrected chi connectivity index (χ2v) is 6.15. The monoisotopic (exact) mass is 284 g/mol. The fourth-order valence-corrected chi connectivity index (χ4v) is 2.28. The number of rotatable bonds is 2. The lowest BCUT2D eigenvalue weighted by atomic mass is 9.86. The zero-order chi connectivity index (χ0) is 14.6. The number of para-hydroxylation sites is 2. The molecular formula is C17H20N2S. The molecule has 3 heteroatoms.